The largest absolute Gasteiger partial charge is 0.545 e. The molecule has 0 unspecified atom stereocenters. The average Bonchev–Trinajstić information content (AvgIpc) is 2.18. The Hall–Kier alpha value is -1.71. The lowest BCUT2D eigenvalue weighted by molar-refractivity contribution is -0.255. The van der Waals surface area contributed by atoms with Crippen LogP contribution in [0.5, 0.6) is 11.5 Å². The maximum absolute atomic E-state index is 10.5. The van der Waals surface area contributed by atoms with Crippen LogP contribution < -0.4 is 14.6 Å². The molecule has 0 bridgehead atoms. The van der Waals surface area contributed by atoms with Crippen LogP contribution in [0.25, 0.3) is 0 Å². The second kappa shape index (κ2) is 4.50. The van der Waals surface area contributed by atoms with Gasteiger partial charge in [-0.2, -0.15) is 0 Å². The lowest BCUT2D eigenvalue weighted by atomic mass is 10.2. The van der Waals surface area contributed by atoms with E-state index in [0.29, 0.717) is 18.1 Å². The van der Waals surface area contributed by atoms with Gasteiger partial charge in [0.2, 0.25) is 0 Å². The quantitative estimate of drug-likeness (QED) is 0.700. The van der Waals surface area contributed by atoms with Crippen molar-refractivity contribution in [2.75, 3.05) is 13.7 Å². The van der Waals surface area contributed by atoms with Crippen molar-refractivity contribution in [3.63, 3.8) is 0 Å². The van der Waals surface area contributed by atoms with Crippen LogP contribution in [0.2, 0.25) is 0 Å². The Bertz CT molecular complexity index is 333. The van der Waals surface area contributed by atoms with Crippen LogP contribution in [0.1, 0.15) is 17.3 Å². The van der Waals surface area contributed by atoms with E-state index in [1.165, 1.54) is 19.2 Å². The Morgan fingerprint density at radius 3 is 2.64 bits per heavy atom. The van der Waals surface area contributed by atoms with Crippen LogP contribution in [0, 0.1) is 0 Å². The molecule has 1 aromatic rings. The molecule has 1 aromatic carbocycles. The zero-order chi connectivity index (χ0) is 10.6. The molecule has 0 atom stereocenters. The Morgan fingerprint density at radius 1 is 1.43 bits per heavy atom. The number of ether oxygens (including phenoxy) is 2. The van der Waals surface area contributed by atoms with Crippen LogP contribution in [-0.4, -0.2) is 19.7 Å². The first-order chi connectivity index (χ1) is 6.69. The van der Waals surface area contributed by atoms with E-state index in [9.17, 15) is 9.90 Å². The van der Waals surface area contributed by atoms with E-state index in [-0.39, 0.29) is 5.56 Å². The molecule has 0 N–H and O–H groups in total. The van der Waals surface area contributed by atoms with Crippen molar-refractivity contribution in [2.24, 2.45) is 0 Å². The summed E-state index contributed by atoms with van der Waals surface area (Å²) in [7, 11) is 1.46. The molecule has 1 rings (SSSR count). The minimum absolute atomic E-state index is 0.0744. The highest BCUT2D eigenvalue weighted by molar-refractivity contribution is 5.86. The predicted molar refractivity (Wildman–Crippen MR) is 48.5 cm³/mol. The monoisotopic (exact) mass is 195 g/mol. The van der Waals surface area contributed by atoms with Crippen molar-refractivity contribution in [3.8, 4) is 11.5 Å². The molecule has 0 radical (unpaired) electrons. The number of aromatic carboxylic acids is 1. The van der Waals surface area contributed by atoms with Crippen molar-refractivity contribution in [3.05, 3.63) is 23.8 Å². The highest BCUT2D eigenvalue weighted by Crippen LogP contribution is 2.27. The molecule has 0 spiro atoms. The van der Waals surface area contributed by atoms with Crippen LogP contribution >= 0.6 is 0 Å². The number of carboxylic acid groups (broad SMARTS) is 1. The van der Waals surface area contributed by atoms with Gasteiger partial charge in [0.15, 0.2) is 11.5 Å². The Labute approximate surface area is 82.1 Å². The summed E-state index contributed by atoms with van der Waals surface area (Å²) in [6.07, 6.45) is 0. The van der Waals surface area contributed by atoms with Gasteiger partial charge in [-0.25, -0.2) is 0 Å². The summed E-state index contributed by atoms with van der Waals surface area (Å²) in [6.45, 7) is 2.34. The highest BCUT2D eigenvalue weighted by Gasteiger charge is 2.05. The van der Waals surface area contributed by atoms with Crippen molar-refractivity contribution in [2.45, 2.75) is 6.92 Å². The Morgan fingerprint density at radius 2 is 2.14 bits per heavy atom. The van der Waals surface area contributed by atoms with Crippen LogP contribution in [0.15, 0.2) is 18.2 Å². The summed E-state index contributed by atoms with van der Waals surface area (Å²) in [5, 5.41) is 10.5. The van der Waals surface area contributed by atoms with Gasteiger partial charge in [-0.3, -0.25) is 0 Å². The molecule has 0 aliphatic rings. The van der Waals surface area contributed by atoms with Crippen molar-refractivity contribution >= 4 is 5.97 Å². The van der Waals surface area contributed by atoms with Gasteiger partial charge in [-0.1, -0.05) is 0 Å². The fourth-order valence-electron chi connectivity index (χ4n) is 1.07. The Balaban J connectivity index is 3.04. The van der Waals surface area contributed by atoms with Crippen molar-refractivity contribution in [1.82, 2.24) is 0 Å². The number of carbonyl (C=O) groups is 1. The molecule has 0 aliphatic heterocycles. The number of hydrogen-bond donors (Lipinski definition) is 0. The van der Waals surface area contributed by atoms with Gasteiger partial charge in [0.05, 0.1) is 19.7 Å². The summed E-state index contributed by atoms with van der Waals surface area (Å²) in [6, 6.07) is 4.34. The minimum atomic E-state index is -1.23. The average molecular weight is 195 g/mol. The van der Waals surface area contributed by atoms with E-state index >= 15 is 0 Å². The summed E-state index contributed by atoms with van der Waals surface area (Å²) in [5.41, 5.74) is 0.0744. The van der Waals surface area contributed by atoms with E-state index in [1.807, 2.05) is 6.92 Å². The number of rotatable bonds is 4. The maximum atomic E-state index is 10.5. The highest BCUT2D eigenvalue weighted by atomic mass is 16.5. The minimum Gasteiger partial charge on any atom is -0.545 e. The zero-order valence-electron chi connectivity index (χ0n) is 8.07. The molecule has 14 heavy (non-hydrogen) atoms. The second-order valence-corrected chi connectivity index (χ2v) is 2.59. The van der Waals surface area contributed by atoms with E-state index in [2.05, 4.69) is 0 Å². The fourth-order valence-corrected chi connectivity index (χ4v) is 1.07. The zero-order valence-corrected chi connectivity index (χ0v) is 8.07. The third kappa shape index (κ3) is 2.16. The van der Waals surface area contributed by atoms with Crippen LogP contribution in [0.3, 0.4) is 0 Å². The third-order valence-corrected chi connectivity index (χ3v) is 1.70. The van der Waals surface area contributed by atoms with Crippen LogP contribution in [-0.2, 0) is 0 Å². The van der Waals surface area contributed by atoms with Gasteiger partial charge >= 0.3 is 0 Å². The molecule has 0 aliphatic carbocycles. The third-order valence-electron chi connectivity index (χ3n) is 1.70. The summed E-state index contributed by atoms with van der Waals surface area (Å²) < 4.78 is 10.2. The molecule has 4 nitrogen and oxygen atoms in total. The van der Waals surface area contributed by atoms with E-state index in [4.69, 9.17) is 9.47 Å². The van der Waals surface area contributed by atoms with Gasteiger partial charge in [0, 0.05) is 5.56 Å². The molecule has 0 saturated carbocycles. The lowest BCUT2D eigenvalue weighted by Gasteiger charge is -2.11. The first kappa shape index (κ1) is 10.4. The molecule has 4 heteroatoms. The molecule has 0 saturated heterocycles. The number of carboxylic acids is 1. The van der Waals surface area contributed by atoms with E-state index < -0.39 is 5.97 Å². The van der Waals surface area contributed by atoms with Crippen molar-refractivity contribution < 1.29 is 19.4 Å². The molecular weight excluding hydrogens is 184 g/mol. The predicted octanol–water partition coefficient (Wildman–Crippen LogP) is 0.457. The number of benzene rings is 1. The lowest BCUT2D eigenvalue weighted by Crippen LogP contribution is -2.22. The molecule has 0 fully saturated rings. The first-order valence-electron chi connectivity index (χ1n) is 4.21. The summed E-state index contributed by atoms with van der Waals surface area (Å²) >= 11 is 0. The van der Waals surface area contributed by atoms with Crippen LogP contribution in [0.4, 0.5) is 0 Å². The van der Waals surface area contributed by atoms with Gasteiger partial charge in [0.25, 0.3) is 0 Å². The molecule has 0 heterocycles. The number of carbonyl (C=O) groups excluding carboxylic acids is 1. The fraction of sp³-hybridized carbons (Fsp3) is 0.300. The van der Waals surface area contributed by atoms with Gasteiger partial charge in [-0.05, 0) is 25.1 Å². The normalized spacial score (nSPS) is 9.57. The first-order valence-corrected chi connectivity index (χ1v) is 4.21. The van der Waals surface area contributed by atoms with Crippen molar-refractivity contribution in [1.29, 1.82) is 0 Å². The van der Waals surface area contributed by atoms with E-state index in [1.54, 1.807) is 6.07 Å². The van der Waals surface area contributed by atoms with E-state index in [0.717, 1.165) is 0 Å². The van der Waals surface area contributed by atoms with Gasteiger partial charge in [-0.15, -0.1) is 0 Å². The maximum Gasteiger partial charge on any atom is 0.161 e. The second-order valence-electron chi connectivity index (χ2n) is 2.59. The number of hydrogen-bond acceptors (Lipinski definition) is 4. The topological polar surface area (TPSA) is 58.6 Å². The number of methoxy groups -OCH3 is 1. The van der Waals surface area contributed by atoms with Gasteiger partial charge in [0.1, 0.15) is 0 Å². The molecular formula is C10H11O4-. The molecule has 0 amide bonds. The van der Waals surface area contributed by atoms with Gasteiger partial charge < -0.3 is 19.4 Å². The molecule has 76 valence electrons. The molecule has 0 aromatic heterocycles. The smallest absolute Gasteiger partial charge is 0.161 e. The standard InChI is InChI=1S/C10H12O4/c1-3-14-8-5-4-7(10(11)12)6-9(8)13-2/h4-6H,3H2,1-2H3,(H,11,12)/p-1. The Kier molecular flexibility index (Phi) is 3.34. The summed E-state index contributed by atoms with van der Waals surface area (Å²) in [5.74, 6) is -0.306. The SMILES string of the molecule is CCOc1ccc(C(=O)[O-])cc1OC. The summed E-state index contributed by atoms with van der Waals surface area (Å²) in [4.78, 5) is 10.5.